The number of nitrogens with zero attached hydrogens (tertiary/aromatic N) is 4. The van der Waals surface area contributed by atoms with Crippen LogP contribution < -0.4 is 10.6 Å². The molecule has 0 saturated heterocycles. The van der Waals surface area contributed by atoms with E-state index in [1.165, 1.54) is 46.2 Å². The molecule has 0 spiro atoms. The number of benzene rings is 3. The Hall–Kier alpha value is -3.65. The number of carbonyl (C=O) groups excluding carboxylic acids is 2. The third-order valence-electron chi connectivity index (χ3n) is 5.59. The summed E-state index contributed by atoms with van der Waals surface area (Å²) >= 11 is 14.3. The van der Waals surface area contributed by atoms with Gasteiger partial charge in [0, 0.05) is 5.02 Å². The summed E-state index contributed by atoms with van der Waals surface area (Å²) in [6.07, 6.45) is -4.59. The highest BCUT2D eigenvalue weighted by atomic mass is 35.5. The SMILES string of the molecule is O=C(CSc1nnc(CNC(=O)c2ccc(Cl)cc2Cl)n1-c1cccc(C(F)(F)F)c1)Nc1nc2ccccc2s1. The highest BCUT2D eigenvalue weighted by Crippen LogP contribution is 2.32. The first-order valence-electron chi connectivity index (χ1n) is 11.7. The van der Waals surface area contributed by atoms with Gasteiger partial charge in [0.05, 0.1) is 44.4 Å². The van der Waals surface area contributed by atoms with Crippen molar-refractivity contribution in [3.63, 3.8) is 0 Å². The van der Waals surface area contributed by atoms with Crippen LogP contribution in [0.15, 0.2) is 71.9 Å². The van der Waals surface area contributed by atoms with Crippen LogP contribution in [0.2, 0.25) is 10.0 Å². The van der Waals surface area contributed by atoms with Crippen molar-refractivity contribution in [3.05, 3.63) is 93.7 Å². The minimum absolute atomic E-state index is 0.104. The Labute approximate surface area is 248 Å². The van der Waals surface area contributed by atoms with Crippen LogP contribution in [0.4, 0.5) is 18.3 Å². The Bertz CT molecular complexity index is 1730. The second kappa shape index (κ2) is 12.1. The highest BCUT2D eigenvalue weighted by Gasteiger charge is 2.31. The summed E-state index contributed by atoms with van der Waals surface area (Å²) in [4.78, 5) is 29.8. The second-order valence-electron chi connectivity index (χ2n) is 8.41. The van der Waals surface area contributed by atoms with Gasteiger partial charge in [0.25, 0.3) is 5.91 Å². The molecule has 2 amide bonds. The summed E-state index contributed by atoms with van der Waals surface area (Å²) in [5.41, 5.74) is 0.127. The van der Waals surface area contributed by atoms with E-state index < -0.39 is 17.6 Å². The van der Waals surface area contributed by atoms with E-state index in [-0.39, 0.29) is 45.5 Å². The zero-order valence-electron chi connectivity index (χ0n) is 20.6. The smallest absolute Gasteiger partial charge is 0.345 e. The molecule has 41 heavy (non-hydrogen) atoms. The fourth-order valence-corrected chi connectivity index (χ4v) is 5.88. The fraction of sp³-hybridized carbons (Fsp3) is 0.115. The molecule has 2 N–H and O–H groups in total. The van der Waals surface area contributed by atoms with Crippen molar-refractivity contribution in [1.82, 2.24) is 25.1 Å². The number of anilines is 1. The number of halogens is 5. The first kappa shape index (κ1) is 28.9. The Morgan fingerprint density at radius 3 is 2.56 bits per heavy atom. The van der Waals surface area contributed by atoms with Crippen LogP contribution in [-0.4, -0.2) is 37.3 Å². The number of rotatable bonds is 8. The molecule has 0 aliphatic carbocycles. The van der Waals surface area contributed by atoms with Crippen molar-refractivity contribution < 1.29 is 22.8 Å². The molecule has 0 aliphatic rings. The van der Waals surface area contributed by atoms with Gasteiger partial charge in [-0.2, -0.15) is 13.2 Å². The third-order valence-corrected chi connectivity index (χ3v) is 8.02. The van der Waals surface area contributed by atoms with Gasteiger partial charge in [0.15, 0.2) is 16.1 Å². The van der Waals surface area contributed by atoms with Gasteiger partial charge in [0.2, 0.25) is 5.91 Å². The number of para-hydroxylation sites is 1. The molecule has 8 nitrogen and oxygen atoms in total. The molecular weight excluding hydrogens is 620 g/mol. The number of fused-ring (bicyclic) bond motifs is 1. The van der Waals surface area contributed by atoms with Crippen LogP contribution in [0.25, 0.3) is 15.9 Å². The molecule has 5 aromatic rings. The summed E-state index contributed by atoms with van der Waals surface area (Å²) in [6.45, 7) is -0.195. The van der Waals surface area contributed by atoms with Gasteiger partial charge < -0.3 is 10.6 Å². The van der Waals surface area contributed by atoms with E-state index in [1.54, 1.807) is 0 Å². The van der Waals surface area contributed by atoms with Crippen LogP contribution >= 0.6 is 46.3 Å². The molecule has 2 heterocycles. The Kier molecular flexibility index (Phi) is 8.50. The van der Waals surface area contributed by atoms with E-state index >= 15 is 0 Å². The number of amides is 2. The Balaban J connectivity index is 1.37. The van der Waals surface area contributed by atoms with Crippen LogP contribution in [0, 0.1) is 0 Å². The van der Waals surface area contributed by atoms with Crippen molar-refractivity contribution >= 4 is 73.5 Å². The Morgan fingerprint density at radius 1 is 1.00 bits per heavy atom. The summed E-state index contributed by atoms with van der Waals surface area (Å²) in [6, 6.07) is 16.4. The minimum Gasteiger partial charge on any atom is -0.345 e. The fourth-order valence-electron chi connectivity index (χ4n) is 3.73. The van der Waals surface area contributed by atoms with E-state index in [2.05, 4.69) is 25.8 Å². The van der Waals surface area contributed by atoms with Crippen molar-refractivity contribution in [2.24, 2.45) is 0 Å². The maximum absolute atomic E-state index is 13.5. The zero-order chi connectivity index (χ0) is 29.1. The van der Waals surface area contributed by atoms with Crippen molar-refractivity contribution in [2.75, 3.05) is 11.1 Å². The molecule has 15 heteroatoms. The summed E-state index contributed by atoms with van der Waals surface area (Å²) in [7, 11) is 0. The van der Waals surface area contributed by atoms with Gasteiger partial charge in [-0.15, -0.1) is 10.2 Å². The summed E-state index contributed by atoms with van der Waals surface area (Å²) in [5.74, 6) is -0.925. The molecule has 0 fully saturated rings. The van der Waals surface area contributed by atoms with E-state index in [0.29, 0.717) is 10.2 Å². The van der Waals surface area contributed by atoms with Gasteiger partial charge >= 0.3 is 6.18 Å². The number of aromatic nitrogens is 4. The predicted octanol–water partition coefficient (Wildman–Crippen LogP) is 6.86. The Morgan fingerprint density at radius 2 is 1.80 bits per heavy atom. The van der Waals surface area contributed by atoms with Crippen molar-refractivity contribution in [1.29, 1.82) is 0 Å². The lowest BCUT2D eigenvalue weighted by molar-refractivity contribution is -0.137. The van der Waals surface area contributed by atoms with Crippen LogP contribution in [-0.2, 0) is 17.5 Å². The normalized spacial score (nSPS) is 11.5. The molecule has 3 aromatic carbocycles. The monoisotopic (exact) mass is 636 g/mol. The molecule has 0 bridgehead atoms. The van der Waals surface area contributed by atoms with E-state index in [9.17, 15) is 22.8 Å². The molecule has 0 radical (unpaired) electrons. The van der Waals surface area contributed by atoms with Crippen molar-refractivity contribution in [2.45, 2.75) is 17.9 Å². The number of carbonyl (C=O) groups is 2. The number of hydrogen-bond donors (Lipinski definition) is 2. The molecule has 0 aliphatic heterocycles. The lowest BCUT2D eigenvalue weighted by Crippen LogP contribution is -2.25. The number of nitrogens with one attached hydrogen (secondary N) is 2. The number of hydrogen-bond acceptors (Lipinski definition) is 7. The molecule has 0 atom stereocenters. The van der Waals surface area contributed by atoms with Crippen LogP contribution in [0.5, 0.6) is 0 Å². The number of thiazole rings is 1. The third kappa shape index (κ3) is 6.81. The topological polar surface area (TPSA) is 102 Å². The molecule has 2 aromatic heterocycles. The maximum atomic E-state index is 13.5. The minimum atomic E-state index is -4.59. The van der Waals surface area contributed by atoms with E-state index in [0.717, 1.165) is 34.1 Å². The second-order valence-corrected chi connectivity index (χ2v) is 11.2. The summed E-state index contributed by atoms with van der Waals surface area (Å²) in [5, 5.41) is 14.6. The average molecular weight is 637 g/mol. The van der Waals surface area contributed by atoms with Gasteiger partial charge in [0.1, 0.15) is 0 Å². The lowest BCUT2D eigenvalue weighted by atomic mass is 10.2. The van der Waals surface area contributed by atoms with E-state index in [1.807, 2.05) is 24.3 Å². The number of alkyl halides is 3. The van der Waals surface area contributed by atoms with Crippen LogP contribution in [0.3, 0.4) is 0 Å². The zero-order valence-corrected chi connectivity index (χ0v) is 23.7. The number of thioether (sulfide) groups is 1. The molecule has 5 rings (SSSR count). The predicted molar refractivity (Wildman–Crippen MR) is 153 cm³/mol. The van der Waals surface area contributed by atoms with Gasteiger partial charge in [-0.25, -0.2) is 4.98 Å². The molecule has 210 valence electrons. The largest absolute Gasteiger partial charge is 0.416 e. The first-order valence-corrected chi connectivity index (χ1v) is 14.3. The molecular formula is C26H17Cl2F3N6O2S2. The van der Waals surface area contributed by atoms with Crippen LogP contribution in [0.1, 0.15) is 21.7 Å². The van der Waals surface area contributed by atoms with Gasteiger partial charge in [-0.1, -0.05) is 64.5 Å². The molecule has 0 unspecified atom stereocenters. The quantitative estimate of drug-likeness (QED) is 0.180. The summed E-state index contributed by atoms with van der Waals surface area (Å²) < 4.78 is 42.7. The lowest BCUT2D eigenvalue weighted by Gasteiger charge is -2.13. The molecule has 0 saturated carbocycles. The average Bonchev–Trinajstić information content (AvgIpc) is 3.53. The van der Waals surface area contributed by atoms with Crippen molar-refractivity contribution in [3.8, 4) is 5.69 Å². The maximum Gasteiger partial charge on any atom is 0.416 e. The highest BCUT2D eigenvalue weighted by molar-refractivity contribution is 7.99. The van der Waals surface area contributed by atoms with Gasteiger partial charge in [-0.3, -0.25) is 14.2 Å². The van der Waals surface area contributed by atoms with Gasteiger partial charge in [-0.05, 0) is 48.5 Å². The van der Waals surface area contributed by atoms with E-state index in [4.69, 9.17) is 23.2 Å². The first-order chi connectivity index (χ1) is 19.6. The standard InChI is InChI=1S/C26H17Cl2F3N6O2S2/c27-15-8-9-17(18(28)11-15)23(39)32-12-21-35-36-25(37(21)16-5-3-4-14(10-16)26(29,30)31)40-13-22(38)34-24-33-19-6-1-2-7-20(19)41-24/h1-11H,12-13H2,(H,32,39)(H,33,34,38).